The predicted molar refractivity (Wildman–Crippen MR) is 99.3 cm³/mol. The quantitative estimate of drug-likeness (QED) is 0.435. The molecule has 0 unspecified atom stereocenters. The van der Waals surface area contributed by atoms with Crippen LogP contribution in [-0.2, 0) is 9.84 Å². The molecule has 1 saturated heterocycles. The van der Waals surface area contributed by atoms with Crippen molar-refractivity contribution in [2.75, 3.05) is 36.9 Å². The van der Waals surface area contributed by atoms with Gasteiger partial charge in [-0.2, -0.15) is 11.8 Å². The van der Waals surface area contributed by atoms with Crippen molar-refractivity contribution in [2.24, 2.45) is 10.7 Å². The summed E-state index contributed by atoms with van der Waals surface area (Å²) in [5.41, 5.74) is 5.89. The zero-order valence-corrected chi connectivity index (χ0v) is 15.6. The Hall–Kier alpha value is -0.480. The third-order valence-corrected chi connectivity index (χ3v) is 5.72. The maximum atomic E-state index is 12.1. The molecule has 21 heavy (non-hydrogen) atoms. The number of nitrogens with two attached hydrogens (primary N) is 1. The van der Waals surface area contributed by atoms with E-state index in [1.165, 1.54) is 0 Å². The Kier molecular flexibility index (Phi) is 7.82. The maximum absolute atomic E-state index is 12.1. The summed E-state index contributed by atoms with van der Waals surface area (Å²) in [6, 6.07) is 8.43. The lowest BCUT2D eigenvalue weighted by atomic mass is 10.4. The minimum Gasteiger partial charge on any atom is -0.370 e. The highest BCUT2D eigenvalue weighted by Crippen LogP contribution is 2.10. The lowest BCUT2D eigenvalue weighted by molar-refractivity contribution is 0.456. The van der Waals surface area contributed by atoms with Crippen molar-refractivity contribution >= 4 is 51.5 Å². The van der Waals surface area contributed by atoms with Gasteiger partial charge in [0, 0.05) is 24.6 Å². The summed E-state index contributed by atoms with van der Waals surface area (Å²) in [5.74, 6) is 2.52. The SMILES string of the molecule is I.NC(=NCCS(=O)(=O)c1ccccc1)N1CCSCC1. The van der Waals surface area contributed by atoms with Crippen LogP contribution in [0.25, 0.3) is 0 Å². The summed E-state index contributed by atoms with van der Waals surface area (Å²) in [4.78, 5) is 6.53. The summed E-state index contributed by atoms with van der Waals surface area (Å²) in [6.07, 6.45) is 0. The Morgan fingerprint density at radius 3 is 2.48 bits per heavy atom. The fourth-order valence-electron chi connectivity index (χ4n) is 1.92. The third kappa shape index (κ3) is 5.67. The molecule has 1 aliphatic heterocycles. The first-order valence-corrected chi connectivity index (χ1v) is 9.31. The molecule has 0 radical (unpaired) electrons. The summed E-state index contributed by atoms with van der Waals surface area (Å²) < 4.78 is 24.1. The number of hydrogen-bond acceptors (Lipinski definition) is 4. The highest BCUT2D eigenvalue weighted by atomic mass is 127. The molecule has 1 aromatic rings. The largest absolute Gasteiger partial charge is 0.370 e. The van der Waals surface area contributed by atoms with Crippen LogP contribution in [0.2, 0.25) is 0 Å². The second-order valence-electron chi connectivity index (χ2n) is 4.47. The molecule has 8 heteroatoms. The monoisotopic (exact) mass is 441 g/mol. The Morgan fingerprint density at radius 2 is 1.86 bits per heavy atom. The van der Waals surface area contributed by atoms with Crippen molar-refractivity contribution in [1.82, 2.24) is 4.90 Å². The second-order valence-corrected chi connectivity index (χ2v) is 7.81. The summed E-state index contributed by atoms with van der Waals surface area (Å²) in [7, 11) is -3.27. The van der Waals surface area contributed by atoms with Gasteiger partial charge in [-0.1, -0.05) is 18.2 Å². The molecule has 0 bridgehead atoms. The molecule has 5 nitrogen and oxygen atoms in total. The number of aliphatic imine (C=N–C) groups is 1. The van der Waals surface area contributed by atoms with Gasteiger partial charge in [0.05, 0.1) is 17.2 Å². The number of halogens is 1. The number of thioether (sulfide) groups is 1. The first kappa shape index (κ1) is 18.6. The zero-order valence-electron chi connectivity index (χ0n) is 11.6. The molecule has 1 aliphatic rings. The van der Waals surface area contributed by atoms with Crippen molar-refractivity contribution in [3.8, 4) is 0 Å². The van der Waals surface area contributed by atoms with Crippen LogP contribution in [0.3, 0.4) is 0 Å². The van der Waals surface area contributed by atoms with Gasteiger partial charge >= 0.3 is 0 Å². The van der Waals surface area contributed by atoms with Gasteiger partial charge in [-0.05, 0) is 12.1 Å². The van der Waals surface area contributed by atoms with Crippen LogP contribution in [0.15, 0.2) is 40.2 Å². The van der Waals surface area contributed by atoms with Gasteiger partial charge in [-0.15, -0.1) is 24.0 Å². The van der Waals surface area contributed by atoms with E-state index >= 15 is 0 Å². The Labute approximate surface area is 147 Å². The van der Waals surface area contributed by atoms with Gasteiger partial charge in [0.25, 0.3) is 0 Å². The van der Waals surface area contributed by atoms with E-state index in [-0.39, 0.29) is 36.3 Å². The van der Waals surface area contributed by atoms with Crippen LogP contribution < -0.4 is 5.73 Å². The molecule has 0 aromatic heterocycles. The lowest BCUT2D eigenvalue weighted by Crippen LogP contribution is -2.42. The van der Waals surface area contributed by atoms with Gasteiger partial charge in [0.2, 0.25) is 0 Å². The van der Waals surface area contributed by atoms with Crippen LogP contribution in [0.5, 0.6) is 0 Å². The molecular formula is C13H20IN3O2S2. The van der Waals surface area contributed by atoms with E-state index in [1.54, 1.807) is 30.3 Å². The smallest absolute Gasteiger partial charge is 0.191 e. The van der Waals surface area contributed by atoms with E-state index in [2.05, 4.69) is 4.99 Å². The number of sulfone groups is 1. The second kappa shape index (κ2) is 8.84. The molecule has 1 heterocycles. The normalized spacial score (nSPS) is 16.4. The van der Waals surface area contributed by atoms with Crippen LogP contribution >= 0.6 is 35.7 Å². The average molecular weight is 441 g/mol. The van der Waals surface area contributed by atoms with E-state index in [4.69, 9.17) is 5.73 Å². The maximum Gasteiger partial charge on any atom is 0.191 e. The van der Waals surface area contributed by atoms with Crippen LogP contribution in [0, 0.1) is 0 Å². The van der Waals surface area contributed by atoms with E-state index in [0.29, 0.717) is 10.9 Å². The highest BCUT2D eigenvalue weighted by molar-refractivity contribution is 14.0. The van der Waals surface area contributed by atoms with Crippen LogP contribution in [0.1, 0.15) is 0 Å². The molecule has 0 amide bonds. The molecule has 0 spiro atoms. The standard InChI is InChI=1S/C13H19N3O2S2.HI/c14-13(16-7-9-19-10-8-16)15-6-11-20(17,18)12-4-2-1-3-5-12;/h1-5H,6-11H2,(H2,14,15);1H. The first-order valence-electron chi connectivity index (χ1n) is 6.50. The Morgan fingerprint density at radius 1 is 1.24 bits per heavy atom. The molecule has 1 fully saturated rings. The molecule has 2 rings (SSSR count). The first-order chi connectivity index (χ1) is 9.59. The average Bonchev–Trinajstić information content (AvgIpc) is 2.49. The van der Waals surface area contributed by atoms with Crippen LogP contribution in [0.4, 0.5) is 0 Å². The van der Waals surface area contributed by atoms with Crippen molar-refractivity contribution in [3.63, 3.8) is 0 Å². The molecule has 118 valence electrons. The van der Waals surface area contributed by atoms with Gasteiger partial charge in [0.1, 0.15) is 0 Å². The van der Waals surface area contributed by atoms with Gasteiger partial charge in [-0.25, -0.2) is 8.42 Å². The fourth-order valence-corrected chi connectivity index (χ4v) is 3.96. The van der Waals surface area contributed by atoms with Crippen LogP contribution in [-0.4, -0.2) is 56.2 Å². The molecule has 0 atom stereocenters. The number of nitrogens with zero attached hydrogens (tertiary/aromatic N) is 2. The number of benzene rings is 1. The number of hydrogen-bond donors (Lipinski definition) is 1. The number of rotatable bonds is 4. The topological polar surface area (TPSA) is 75.8 Å². The predicted octanol–water partition coefficient (Wildman–Crippen LogP) is 1.44. The summed E-state index contributed by atoms with van der Waals surface area (Å²) in [5, 5.41) is 0. The van der Waals surface area contributed by atoms with E-state index in [9.17, 15) is 8.42 Å². The minimum absolute atomic E-state index is 0. The van der Waals surface area contributed by atoms with Crippen molar-refractivity contribution < 1.29 is 8.42 Å². The molecule has 0 aliphatic carbocycles. The molecule has 2 N–H and O–H groups in total. The Bertz CT molecular complexity index is 558. The summed E-state index contributed by atoms with van der Waals surface area (Å²) in [6.45, 7) is 1.96. The molecular weight excluding hydrogens is 421 g/mol. The van der Waals surface area contributed by atoms with E-state index in [0.717, 1.165) is 24.6 Å². The van der Waals surface area contributed by atoms with Crippen molar-refractivity contribution in [3.05, 3.63) is 30.3 Å². The minimum atomic E-state index is -3.27. The zero-order chi connectivity index (χ0) is 14.4. The van der Waals surface area contributed by atoms with Crippen molar-refractivity contribution in [2.45, 2.75) is 4.90 Å². The fraction of sp³-hybridized carbons (Fsp3) is 0.462. The van der Waals surface area contributed by atoms with Crippen molar-refractivity contribution in [1.29, 1.82) is 0 Å². The van der Waals surface area contributed by atoms with Gasteiger partial charge in [0.15, 0.2) is 15.8 Å². The highest BCUT2D eigenvalue weighted by Gasteiger charge is 2.15. The van der Waals surface area contributed by atoms with E-state index < -0.39 is 9.84 Å². The molecule has 1 aromatic carbocycles. The van der Waals surface area contributed by atoms with Gasteiger partial charge in [-0.3, -0.25) is 4.99 Å². The Balaban J connectivity index is 0.00000220. The number of guanidine groups is 1. The molecule has 0 saturated carbocycles. The summed E-state index contributed by atoms with van der Waals surface area (Å²) >= 11 is 1.89. The van der Waals surface area contributed by atoms with Gasteiger partial charge < -0.3 is 10.6 Å². The van der Waals surface area contributed by atoms with E-state index in [1.807, 2.05) is 16.7 Å². The lowest BCUT2D eigenvalue weighted by Gasteiger charge is -2.27. The third-order valence-electron chi connectivity index (χ3n) is 3.07.